The van der Waals surface area contributed by atoms with Gasteiger partial charge in [0.15, 0.2) is 0 Å². The number of nitrogens with one attached hydrogen (secondary N) is 2. The summed E-state index contributed by atoms with van der Waals surface area (Å²) < 4.78 is 0. The predicted octanol–water partition coefficient (Wildman–Crippen LogP) is -0.677. The number of hydrogen-bond acceptors (Lipinski definition) is 2. The van der Waals surface area contributed by atoms with Gasteiger partial charge in [0.05, 0.1) is 0 Å². The second-order valence-corrected chi connectivity index (χ2v) is 2.90. The van der Waals surface area contributed by atoms with Gasteiger partial charge < -0.3 is 16.4 Å². The van der Waals surface area contributed by atoms with Crippen molar-refractivity contribution >= 4 is 11.9 Å². The van der Waals surface area contributed by atoms with Gasteiger partial charge in [0, 0.05) is 19.0 Å². The lowest BCUT2D eigenvalue weighted by Gasteiger charge is -2.22. The molecule has 5 nitrogen and oxygen atoms in total. The Bertz CT molecular complexity index is 193. The van der Waals surface area contributed by atoms with Gasteiger partial charge in [-0.15, -0.1) is 0 Å². The molecular formula is C7H13N3O2. The summed E-state index contributed by atoms with van der Waals surface area (Å²) in [5.74, 6) is 0.0533. The molecule has 1 saturated heterocycles. The SMILES string of the molecule is NC(=O)NCC1CCCC(=O)N1. The fraction of sp³-hybridized carbons (Fsp3) is 0.714. The van der Waals surface area contributed by atoms with E-state index >= 15 is 0 Å². The van der Waals surface area contributed by atoms with Crippen molar-refractivity contribution in [3.63, 3.8) is 0 Å². The first kappa shape index (κ1) is 8.83. The van der Waals surface area contributed by atoms with E-state index in [0.29, 0.717) is 13.0 Å². The lowest BCUT2D eigenvalue weighted by atomic mass is 10.0. The van der Waals surface area contributed by atoms with Crippen LogP contribution in [0.25, 0.3) is 0 Å². The van der Waals surface area contributed by atoms with E-state index < -0.39 is 6.03 Å². The van der Waals surface area contributed by atoms with Gasteiger partial charge in [-0.05, 0) is 12.8 Å². The summed E-state index contributed by atoms with van der Waals surface area (Å²) in [7, 11) is 0. The van der Waals surface area contributed by atoms with Crippen LogP contribution in [0.3, 0.4) is 0 Å². The lowest BCUT2D eigenvalue weighted by Crippen LogP contribution is -2.47. The van der Waals surface area contributed by atoms with Crippen molar-refractivity contribution in [2.75, 3.05) is 6.54 Å². The van der Waals surface area contributed by atoms with Gasteiger partial charge in [-0.3, -0.25) is 4.79 Å². The van der Waals surface area contributed by atoms with Crippen LogP contribution in [-0.2, 0) is 4.79 Å². The van der Waals surface area contributed by atoms with Gasteiger partial charge in [0.2, 0.25) is 5.91 Å². The van der Waals surface area contributed by atoms with E-state index in [9.17, 15) is 9.59 Å². The molecule has 1 rings (SSSR count). The Morgan fingerprint density at radius 2 is 2.50 bits per heavy atom. The maximum atomic E-state index is 10.9. The Labute approximate surface area is 70.7 Å². The number of hydrogen-bond donors (Lipinski definition) is 3. The highest BCUT2D eigenvalue weighted by atomic mass is 16.2. The average Bonchev–Trinajstić information content (AvgIpc) is 2.01. The highest BCUT2D eigenvalue weighted by Gasteiger charge is 2.17. The molecule has 1 atom stereocenters. The number of primary amides is 1. The molecule has 0 aromatic rings. The van der Waals surface area contributed by atoms with Crippen molar-refractivity contribution in [3.05, 3.63) is 0 Å². The van der Waals surface area contributed by atoms with Crippen molar-refractivity contribution in [2.24, 2.45) is 5.73 Å². The first-order valence-corrected chi connectivity index (χ1v) is 4.01. The number of rotatable bonds is 2. The fourth-order valence-electron chi connectivity index (χ4n) is 1.26. The van der Waals surface area contributed by atoms with E-state index in [2.05, 4.69) is 10.6 Å². The third-order valence-electron chi connectivity index (χ3n) is 1.84. The van der Waals surface area contributed by atoms with E-state index in [-0.39, 0.29) is 11.9 Å². The van der Waals surface area contributed by atoms with Crippen LogP contribution in [0.1, 0.15) is 19.3 Å². The van der Waals surface area contributed by atoms with Crippen LogP contribution in [0.5, 0.6) is 0 Å². The summed E-state index contributed by atoms with van der Waals surface area (Å²) >= 11 is 0. The minimum atomic E-state index is -0.546. The van der Waals surface area contributed by atoms with Crippen molar-refractivity contribution in [1.82, 2.24) is 10.6 Å². The highest BCUT2D eigenvalue weighted by Crippen LogP contribution is 2.06. The van der Waals surface area contributed by atoms with Crippen molar-refractivity contribution in [2.45, 2.75) is 25.3 Å². The van der Waals surface area contributed by atoms with Crippen LogP contribution in [0.4, 0.5) is 4.79 Å². The Balaban J connectivity index is 2.23. The zero-order chi connectivity index (χ0) is 8.97. The van der Waals surface area contributed by atoms with Gasteiger partial charge in [0.1, 0.15) is 0 Å². The monoisotopic (exact) mass is 171 g/mol. The van der Waals surface area contributed by atoms with E-state index in [1.54, 1.807) is 0 Å². The molecule has 0 aromatic heterocycles. The number of carbonyl (C=O) groups is 2. The number of nitrogens with two attached hydrogens (primary N) is 1. The molecule has 1 aliphatic rings. The summed E-state index contributed by atoms with van der Waals surface area (Å²) in [5.41, 5.74) is 4.88. The van der Waals surface area contributed by atoms with E-state index in [1.807, 2.05) is 0 Å². The molecule has 0 aliphatic carbocycles. The van der Waals surface area contributed by atoms with Crippen molar-refractivity contribution in [3.8, 4) is 0 Å². The highest BCUT2D eigenvalue weighted by molar-refractivity contribution is 5.77. The minimum absolute atomic E-state index is 0.0533. The molecule has 0 aromatic carbocycles. The summed E-state index contributed by atoms with van der Waals surface area (Å²) in [6.45, 7) is 0.432. The zero-order valence-corrected chi connectivity index (χ0v) is 6.80. The van der Waals surface area contributed by atoms with Crippen LogP contribution in [-0.4, -0.2) is 24.5 Å². The molecule has 68 valence electrons. The van der Waals surface area contributed by atoms with Crippen LogP contribution in [0.2, 0.25) is 0 Å². The molecule has 0 radical (unpaired) electrons. The molecule has 1 heterocycles. The predicted molar refractivity (Wildman–Crippen MR) is 43.4 cm³/mol. The maximum absolute atomic E-state index is 10.9. The second kappa shape index (κ2) is 3.94. The van der Waals surface area contributed by atoms with Crippen LogP contribution >= 0.6 is 0 Å². The van der Waals surface area contributed by atoms with Crippen molar-refractivity contribution in [1.29, 1.82) is 0 Å². The first-order chi connectivity index (χ1) is 5.68. The van der Waals surface area contributed by atoms with Gasteiger partial charge in [-0.2, -0.15) is 0 Å². The Morgan fingerprint density at radius 1 is 1.75 bits per heavy atom. The number of piperidine rings is 1. The molecule has 1 fully saturated rings. The molecule has 1 unspecified atom stereocenters. The standard InChI is InChI=1S/C7H13N3O2/c8-7(12)9-4-5-2-1-3-6(11)10-5/h5H,1-4H2,(H,10,11)(H3,8,9,12). The average molecular weight is 171 g/mol. The Hall–Kier alpha value is -1.26. The summed E-state index contributed by atoms with van der Waals surface area (Å²) in [4.78, 5) is 21.2. The largest absolute Gasteiger partial charge is 0.352 e. The molecule has 1 aliphatic heterocycles. The normalized spacial score (nSPS) is 23.0. The summed E-state index contributed by atoms with van der Waals surface area (Å²) in [6.07, 6.45) is 2.38. The van der Waals surface area contributed by atoms with E-state index in [4.69, 9.17) is 5.73 Å². The van der Waals surface area contributed by atoms with Crippen LogP contribution < -0.4 is 16.4 Å². The maximum Gasteiger partial charge on any atom is 0.312 e. The van der Waals surface area contributed by atoms with Gasteiger partial charge in [-0.25, -0.2) is 4.79 Å². The molecular weight excluding hydrogens is 158 g/mol. The van der Waals surface area contributed by atoms with Gasteiger partial charge in [0.25, 0.3) is 0 Å². The van der Waals surface area contributed by atoms with Crippen LogP contribution in [0, 0.1) is 0 Å². The molecule has 4 N–H and O–H groups in total. The van der Waals surface area contributed by atoms with Crippen LogP contribution in [0.15, 0.2) is 0 Å². The smallest absolute Gasteiger partial charge is 0.312 e. The Morgan fingerprint density at radius 3 is 3.08 bits per heavy atom. The first-order valence-electron chi connectivity index (χ1n) is 4.01. The molecule has 0 bridgehead atoms. The number of amides is 3. The summed E-state index contributed by atoms with van der Waals surface area (Å²) in [6, 6.07) is -0.492. The lowest BCUT2D eigenvalue weighted by molar-refractivity contribution is -0.123. The minimum Gasteiger partial charge on any atom is -0.352 e. The van der Waals surface area contributed by atoms with Gasteiger partial charge >= 0.3 is 6.03 Å². The summed E-state index contributed by atoms with van der Waals surface area (Å²) in [5, 5.41) is 5.22. The molecule has 5 heteroatoms. The third kappa shape index (κ3) is 2.77. The molecule has 0 spiro atoms. The molecule has 0 saturated carbocycles. The van der Waals surface area contributed by atoms with E-state index in [0.717, 1.165) is 12.8 Å². The zero-order valence-electron chi connectivity index (χ0n) is 6.80. The topological polar surface area (TPSA) is 84.2 Å². The quantitative estimate of drug-likeness (QED) is 0.514. The third-order valence-corrected chi connectivity index (χ3v) is 1.84. The molecule has 12 heavy (non-hydrogen) atoms. The van der Waals surface area contributed by atoms with Gasteiger partial charge in [-0.1, -0.05) is 0 Å². The Kier molecular flexibility index (Phi) is 2.90. The molecule has 3 amide bonds. The van der Waals surface area contributed by atoms with E-state index in [1.165, 1.54) is 0 Å². The fourth-order valence-corrected chi connectivity index (χ4v) is 1.26. The number of carbonyl (C=O) groups excluding carboxylic acids is 2. The second-order valence-electron chi connectivity index (χ2n) is 2.90. The van der Waals surface area contributed by atoms with Crippen molar-refractivity contribution < 1.29 is 9.59 Å². The number of urea groups is 1.